The third-order valence-corrected chi connectivity index (χ3v) is 6.24. The van der Waals surface area contributed by atoms with Gasteiger partial charge in [-0.1, -0.05) is 18.9 Å². The van der Waals surface area contributed by atoms with Crippen molar-refractivity contribution in [3.63, 3.8) is 0 Å². The Morgan fingerprint density at radius 2 is 1.97 bits per heavy atom. The van der Waals surface area contributed by atoms with E-state index in [9.17, 15) is 4.79 Å². The quantitative estimate of drug-likeness (QED) is 0.629. The fraction of sp³-hybridized carbons (Fsp3) is 0.417. The molecule has 5 rings (SSSR count). The summed E-state index contributed by atoms with van der Waals surface area (Å²) in [6.07, 6.45) is 9.56. The van der Waals surface area contributed by atoms with Crippen molar-refractivity contribution in [1.29, 1.82) is 0 Å². The molecular formula is C24H28N6O3. The van der Waals surface area contributed by atoms with E-state index in [0.717, 1.165) is 42.5 Å². The van der Waals surface area contributed by atoms with E-state index in [1.807, 2.05) is 42.5 Å². The number of nitrogens with zero attached hydrogens (tertiary/aromatic N) is 5. The lowest BCUT2D eigenvalue weighted by molar-refractivity contribution is -0.133. The Morgan fingerprint density at radius 3 is 2.67 bits per heavy atom. The van der Waals surface area contributed by atoms with Gasteiger partial charge in [-0.05, 0) is 44.4 Å². The Bertz CT molecular complexity index is 1200. The number of aryl methyl sites for hydroxylation is 1. The SMILES string of the molecule is COc1cc(-c2cnn(C)c2)ccc1Nc1ncc2c(n1)N(C1CCCC1)C(=O)C(C)(C)O2. The zero-order valence-electron chi connectivity index (χ0n) is 19.3. The molecule has 2 aliphatic rings. The number of ether oxygens (including phenoxy) is 2. The van der Waals surface area contributed by atoms with Crippen LogP contribution in [0, 0.1) is 0 Å². The van der Waals surface area contributed by atoms with E-state index in [-0.39, 0.29) is 11.9 Å². The minimum atomic E-state index is -0.945. The minimum absolute atomic E-state index is 0.0649. The third kappa shape index (κ3) is 3.88. The van der Waals surface area contributed by atoms with Crippen LogP contribution in [-0.2, 0) is 11.8 Å². The Morgan fingerprint density at radius 1 is 1.18 bits per heavy atom. The zero-order valence-corrected chi connectivity index (χ0v) is 19.3. The molecule has 1 N–H and O–H groups in total. The van der Waals surface area contributed by atoms with Crippen LogP contribution in [0.2, 0.25) is 0 Å². The molecule has 0 spiro atoms. The zero-order chi connectivity index (χ0) is 23.2. The van der Waals surface area contributed by atoms with Gasteiger partial charge in [0.1, 0.15) is 5.75 Å². The maximum absolute atomic E-state index is 13.2. The lowest BCUT2D eigenvalue weighted by atomic mass is 10.0. The number of amides is 1. The molecule has 1 saturated carbocycles. The summed E-state index contributed by atoms with van der Waals surface area (Å²) in [5.74, 6) is 2.01. The molecule has 9 nitrogen and oxygen atoms in total. The molecule has 1 aliphatic heterocycles. The summed E-state index contributed by atoms with van der Waals surface area (Å²) in [7, 11) is 3.51. The van der Waals surface area contributed by atoms with Crippen molar-refractivity contribution < 1.29 is 14.3 Å². The van der Waals surface area contributed by atoms with E-state index in [1.165, 1.54) is 0 Å². The Labute approximate surface area is 192 Å². The van der Waals surface area contributed by atoms with E-state index in [0.29, 0.717) is 23.3 Å². The third-order valence-electron chi connectivity index (χ3n) is 6.24. The van der Waals surface area contributed by atoms with Crippen molar-refractivity contribution >= 4 is 23.4 Å². The second-order valence-electron chi connectivity index (χ2n) is 9.05. The topological polar surface area (TPSA) is 94.4 Å². The lowest BCUT2D eigenvalue weighted by Crippen LogP contribution is -2.55. The van der Waals surface area contributed by atoms with Crippen LogP contribution in [-0.4, -0.2) is 44.4 Å². The molecule has 0 unspecified atom stereocenters. The molecule has 2 aromatic heterocycles. The standard InChI is InChI=1S/C24H28N6O3/c1-24(2)22(31)30(17-7-5-6-8-17)21-20(33-24)13-25-23(28-21)27-18-10-9-15(11-19(18)32-4)16-12-26-29(3)14-16/h9-14,17H,5-8H2,1-4H3,(H,25,27,28). The van der Waals surface area contributed by atoms with E-state index in [4.69, 9.17) is 14.5 Å². The van der Waals surface area contributed by atoms with Crippen LogP contribution in [0.4, 0.5) is 17.5 Å². The highest BCUT2D eigenvalue weighted by Gasteiger charge is 2.45. The first kappa shape index (κ1) is 21.2. The van der Waals surface area contributed by atoms with Crippen molar-refractivity contribution in [2.45, 2.75) is 51.2 Å². The van der Waals surface area contributed by atoms with E-state index >= 15 is 0 Å². The van der Waals surface area contributed by atoms with Gasteiger partial charge in [0, 0.05) is 24.8 Å². The van der Waals surface area contributed by atoms with Gasteiger partial charge in [0.05, 0.1) is 25.2 Å². The largest absolute Gasteiger partial charge is 0.495 e. The van der Waals surface area contributed by atoms with Gasteiger partial charge in [0.2, 0.25) is 5.95 Å². The van der Waals surface area contributed by atoms with Crippen LogP contribution in [0.1, 0.15) is 39.5 Å². The van der Waals surface area contributed by atoms with Crippen molar-refractivity contribution in [1.82, 2.24) is 19.7 Å². The number of nitrogens with one attached hydrogen (secondary N) is 1. The highest BCUT2D eigenvalue weighted by atomic mass is 16.5. The van der Waals surface area contributed by atoms with E-state index in [2.05, 4.69) is 15.4 Å². The lowest BCUT2D eigenvalue weighted by Gasteiger charge is -2.40. The second kappa shape index (κ2) is 8.06. The number of rotatable bonds is 5. The van der Waals surface area contributed by atoms with Crippen molar-refractivity contribution in [3.05, 3.63) is 36.8 Å². The van der Waals surface area contributed by atoms with Crippen LogP contribution in [0.5, 0.6) is 11.5 Å². The van der Waals surface area contributed by atoms with Gasteiger partial charge in [-0.25, -0.2) is 4.98 Å². The second-order valence-corrected chi connectivity index (χ2v) is 9.05. The molecule has 1 aromatic carbocycles. The first-order valence-electron chi connectivity index (χ1n) is 11.2. The van der Waals surface area contributed by atoms with Gasteiger partial charge in [-0.2, -0.15) is 10.1 Å². The smallest absolute Gasteiger partial charge is 0.272 e. The molecule has 1 fully saturated rings. The molecule has 0 saturated heterocycles. The van der Waals surface area contributed by atoms with Gasteiger partial charge >= 0.3 is 0 Å². The molecule has 1 amide bonds. The number of hydrogen-bond donors (Lipinski definition) is 1. The highest BCUT2D eigenvalue weighted by molar-refractivity contribution is 6.02. The van der Waals surface area contributed by atoms with Gasteiger partial charge < -0.3 is 14.8 Å². The molecule has 1 aliphatic carbocycles. The maximum atomic E-state index is 13.2. The number of aromatic nitrogens is 4. The number of hydrogen-bond acceptors (Lipinski definition) is 7. The normalized spacial score (nSPS) is 17.6. The average Bonchev–Trinajstić information content (AvgIpc) is 3.47. The first-order valence-corrected chi connectivity index (χ1v) is 11.2. The van der Waals surface area contributed by atoms with Crippen molar-refractivity contribution in [2.75, 3.05) is 17.3 Å². The molecule has 3 aromatic rings. The fourth-order valence-corrected chi connectivity index (χ4v) is 4.54. The summed E-state index contributed by atoms with van der Waals surface area (Å²) >= 11 is 0. The number of carbonyl (C=O) groups is 1. The predicted molar refractivity (Wildman–Crippen MR) is 125 cm³/mol. The van der Waals surface area contributed by atoms with E-state index in [1.54, 1.807) is 31.8 Å². The molecule has 9 heteroatoms. The summed E-state index contributed by atoms with van der Waals surface area (Å²) in [6, 6.07) is 5.98. The van der Waals surface area contributed by atoms with E-state index < -0.39 is 5.60 Å². The summed E-state index contributed by atoms with van der Waals surface area (Å²) in [5, 5.41) is 7.47. The number of methoxy groups -OCH3 is 1. The number of benzene rings is 1. The molecule has 0 atom stereocenters. The summed E-state index contributed by atoms with van der Waals surface area (Å²) in [6.45, 7) is 3.59. The van der Waals surface area contributed by atoms with Gasteiger partial charge in [0.25, 0.3) is 5.91 Å². The van der Waals surface area contributed by atoms with Crippen LogP contribution >= 0.6 is 0 Å². The average molecular weight is 449 g/mol. The van der Waals surface area contributed by atoms with Crippen LogP contribution in [0.25, 0.3) is 11.1 Å². The molecule has 172 valence electrons. The monoisotopic (exact) mass is 448 g/mol. The molecule has 3 heterocycles. The summed E-state index contributed by atoms with van der Waals surface area (Å²) in [4.78, 5) is 24.2. The van der Waals surface area contributed by atoms with Gasteiger partial charge in [-0.15, -0.1) is 0 Å². The summed E-state index contributed by atoms with van der Waals surface area (Å²) in [5.41, 5.74) is 1.77. The predicted octanol–water partition coefficient (Wildman–Crippen LogP) is 4.08. The van der Waals surface area contributed by atoms with Crippen LogP contribution in [0.3, 0.4) is 0 Å². The maximum Gasteiger partial charge on any atom is 0.272 e. The Balaban J connectivity index is 1.47. The minimum Gasteiger partial charge on any atom is -0.495 e. The molecular weight excluding hydrogens is 420 g/mol. The molecule has 0 bridgehead atoms. The van der Waals surface area contributed by atoms with Crippen molar-refractivity contribution in [3.8, 4) is 22.6 Å². The number of fused-ring (bicyclic) bond motifs is 1. The molecule has 0 radical (unpaired) electrons. The molecule has 33 heavy (non-hydrogen) atoms. The highest BCUT2D eigenvalue weighted by Crippen LogP contribution is 2.41. The van der Waals surface area contributed by atoms with Crippen molar-refractivity contribution in [2.24, 2.45) is 7.05 Å². The Hall–Kier alpha value is -3.62. The number of carbonyl (C=O) groups excluding carboxylic acids is 1. The van der Waals surface area contributed by atoms with Gasteiger partial charge in [0.15, 0.2) is 17.2 Å². The van der Waals surface area contributed by atoms with Crippen LogP contribution in [0.15, 0.2) is 36.8 Å². The summed E-state index contributed by atoms with van der Waals surface area (Å²) < 4.78 is 13.3. The van der Waals surface area contributed by atoms with Gasteiger partial charge in [-0.3, -0.25) is 14.4 Å². The Kier molecular flexibility index (Phi) is 5.19. The fourth-order valence-electron chi connectivity index (χ4n) is 4.54. The first-order chi connectivity index (χ1) is 15.9. The number of anilines is 3. The van der Waals surface area contributed by atoms with Crippen LogP contribution < -0.4 is 19.7 Å².